The van der Waals surface area contributed by atoms with E-state index < -0.39 is 0 Å². The Bertz CT molecular complexity index is 711. The highest BCUT2D eigenvalue weighted by Gasteiger charge is 2.25. The van der Waals surface area contributed by atoms with Gasteiger partial charge in [-0.3, -0.25) is 4.79 Å². The van der Waals surface area contributed by atoms with Crippen LogP contribution in [0.1, 0.15) is 24.8 Å². The standard InChI is InChI=1S/C21H24N2O3/c24-20(12-11-17-7-3-1-4-8-17)22-18-13-15-23(16-14-18)21(25)26-19-9-5-2-6-10-19/h1-10,18H,11-16H2,(H,22,24). The lowest BCUT2D eigenvalue weighted by molar-refractivity contribution is -0.122. The van der Waals surface area contributed by atoms with Crippen LogP contribution >= 0.6 is 0 Å². The number of aryl methyl sites for hydroxylation is 1. The van der Waals surface area contributed by atoms with Gasteiger partial charge in [0, 0.05) is 25.6 Å². The van der Waals surface area contributed by atoms with Crippen LogP contribution in [0.5, 0.6) is 5.75 Å². The van der Waals surface area contributed by atoms with E-state index in [0.29, 0.717) is 25.3 Å². The smallest absolute Gasteiger partial charge is 0.410 e. The number of rotatable bonds is 5. The Morgan fingerprint density at radius 1 is 0.962 bits per heavy atom. The maximum atomic E-state index is 12.2. The average molecular weight is 352 g/mol. The van der Waals surface area contributed by atoms with Crippen LogP contribution in [0.2, 0.25) is 0 Å². The number of ether oxygens (including phenoxy) is 1. The topological polar surface area (TPSA) is 58.6 Å². The fraction of sp³-hybridized carbons (Fsp3) is 0.333. The molecule has 136 valence electrons. The predicted octanol–water partition coefficient (Wildman–Crippen LogP) is 3.40. The number of amides is 2. The second-order valence-corrected chi connectivity index (χ2v) is 6.50. The fourth-order valence-electron chi connectivity index (χ4n) is 3.06. The van der Waals surface area contributed by atoms with Crippen molar-refractivity contribution in [2.24, 2.45) is 0 Å². The molecule has 1 fully saturated rings. The quantitative estimate of drug-likeness (QED) is 0.897. The highest BCUT2D eigenvalue weighted by Crippen LogP contribution is 2.15. The van der Waals surface area contributed by atoms with E-state index in [1.807, 2.05) is 48.5 Å². The van der Waals surface area contributed by atoms with Crippen LogP contribution in [0, 0.1) is 0 Å². The highest BCUT2D eigenvalue weighted by molar-refractivity contribution is 5.76. The van der Waals surface area contributed by atoms with Crippen LogP contribution < -0.4 is 10.1 Å². The predicted molar refractivity (Wildman–Crippen MR) is 100.0 cm³/mol. The van der Waals surface area contributed by atoms with Gasteiger partial charge in [0.1, 0.15) is 5.75 Å². The van der Waals surface area contributed by atoms with E-state index in [-0.39, 0.29) is 18.0 Å². The molecule has 0 radical (unpaired) electrons. The number of carbonyl (C=O) groups excluding carboxylic acids is 2. The molecular weight excluding hydrogens is 328 g/mol. The summed E-state index contributed by atoms with van der Waals surface area (Å²) >= 11 is 0. The van der Waals surface area contributed by atoms with E-state index in [4.69, 9.17) is 4.74 Å². The summed E-state index contributed by atoms with van der Waals surface area (Å²) < 4.78 is 5.36. The number of hydrogen-bond donors (Lipinski definition) is 1. The van der Waals surface area contributed by atoms with Crippen LogP contribution in [0.4, 0.5) is 4.79 Å². The van der Waals surface area contributed by atoms with Crippen LogP contribution in [0.3, 0.4) is 0 Å². The molecule has 2 aromatic rings. The Balaban J connectivity index is 1.38. The maximum Gasteiger partial charge on any atom is 0.415 e. The number of piperidine rings is 1. The summed E-state index contributed by atoms with van der Waals surface area (Å²) in [6.07, 6.45) is 2.40. The number of hydrogen-bond acceptors (Lipinski definition) is 3. The van der Waals surface area contributed by atoms with Crippen LogP contribution in [-0.2, 0) is 11.2 Å². The highest BCUT2D eigenvalue weighted by atomic mass is 16.6. The van der Waals surface area contributed by atoms with Gasteiger partial charge in [0.25, 0.3) is 0 Å². The molecule has 3 rings (SSSR count). The summed E-state index contributed by atoms with van der Waals surface area (Å²) in [6, 6.07) is 19.2. The van der Waals surface area contributed by atoms with Crippen molar-refractivity contribution in [2.45, 2.75) is 31.7 Å². The van der Waals surface area contributed by atoms with Crippen molar-refractivity contribution in [3.05, 3.63) is 66.2 Å². The normalized spacial score (nSPS) is 14.7. The lowest BCUT2D eigenvalue weighted by Gasteiger charge is -2.31. The minimum atomic E-state index is -0.329. The van der Waals surface area contributed by atoms with Crippen molar-refractivity contribution in [1.29, 1.82) is 0 Å². The lowest BCUT2D eigenvalue weighted by Crippen LogP contribution is -2.47. The lowest BCUT2D eigenvalue weighted by atomic mass is 10.0. The first-order valence-electron chi connectivity index (χ1n) is 9.06. The summed E-state index contributed by atoms with van der Waals surface area (Å²) in [6.45, 7) is 1.19. The Kier molecular flexibility index (Phi) is 6.25. The third-order valence-electron chi connectivity index (χ3n) is 4.55. The van der Waals surface area contributed by atoms with E-state index in [1.165, 1.54) is 5.56 Å². The van der Waals surface area contributed by atoms with Gasteiger partial charge in [-0.05, 0) is 37.0 Å². The number of likely N-dealkylation sites (tertiary alicyclic amines) is 1. The molecule has 1 heterocycles. The van der Waals surface area contributed by atoms with Gasteiger partial charge >= 0.3 is 6.09 Å². The van der Waals surface area contributed by atoms with Crippen molar-refractivity contribution >= 4 is 12.0 Å². The molecule has 0 atom stereocenters. The summed E-state index contributed by atoms with van der Waals surface area (Å²) in [5, 5.41) is 3.08. The number of nitrogens with zero attached hydrogens (tertiary/aromatic N) is 1. The summed E-state index contributed by atoms with van der Waals surface area (Å²) in [5.74, 6) is 0.619. The van der Waals surface area contributed by atoms with E-state index in [0.717, 1.165) is 19.3 Å². The molecule has 1 aliphatic rings. The first-order chi connectivity index (χ1) is 12.7. The molecule has 0 spiro atoms. The average Bonchev–Trinajstić information content (AvgIpc) is 2.68. The Morgan fingerprint density at radius 2 is 1.58 bits per heavy atom. The second kappa shape index (κ2) is 9.04. The molecule has 0 aliphatic carbocycles. The second-order valence-electron chi connectivity index (χ2n) is 6.50. The minimum absolute atomic E-state index is 0.0687. The number of carbonyl (C=O) groups is 2. The molecule has 5 nitrogen and oxygen atoms in total. The monoisotopic (exact) mass is 352 g/mol. The zero-order chi connectivity index (χ0) is 18.2. The largest absolute Gasteiger partial charge is 0.415 e. The zero-order valence-corrected chi connectivity index (χ0v) is 14.8. The van der Waals surface area contributed by atoms with Gasteiger partial charge in [-0.15, -0.1) is 0 Å². The van der Waals surface area contributed by atoms with Crippen molar-refractivity contribution < 1.29 is 14.3 Å². The van der Waals surface area contributed by atoms with Gasteiger partial charge in [-0.2, -0.15) is 0 Å². The molecule has 0 unspecified atom stereocenters. The molecule has 0 bridgehead atoms. The fourth-order valence-corrected chi connectivity index (χ4v) is 3.06. The van der Waals surface area contributed by atoms with Crippen LogP contribution in [0.15, 0.2) is 60.7 Å². The van der Waals surface area contributed by atoms with Crippen LogP contribution in [0.25, 0.3) is 0 Å². The van der Waals surface area contributed by atoms with Crippen molar-refractivity contribution in [1.82, 2.24) is 10.2 Å². The number of benzene rings is 2. The summed E-state index contributed by atoms with van der Waals surface area (Å²) in [7, 11) is 0. The molecule has 0 aromatic heterocycles. The van der Waals surface area contributed by atoms with E-state index in [1.54, 1.807) is 17.0 Å². The Hall–Kier alpha value is -2.82. The SMILES string of the molecule is O=C(CCc1ccccc1)NC1CCN(C(=O)Oc2ccccc2)CC1. The first kappa shape index (κ1) is 18.0. The maximum absolute atomic E-state index is 12.2. The van der Waals surface area contributed by atoms with Gasteiger partial charge < -0.3 is 15.0 Å². The molecule has 1 aliphatic heterocycles. The Morgan fingerprint density at radius 3 is 2.23 bits per heavy atom. The molecule has 1 saturated heterocycles. The van der Waals surface area contributed by atoms with Crippen LogP contribution in [-0.4, -0.2) is 36.0 Å². The summed E-state index contributed by atoms with van der Waals surface area (Å²) in [4.78, 5) is 26.0. The molecule has 1 N–H and O–H groups in total. The molecule has 0 saturated carbocycles. The molecular formula is C21H24N2O3. The van der Waals surface area contributed by atoms with Crippen molar-refractivity contribution in [3.8, 4) is 5.75 Å². The van der Waals surface area contributed by atoms with E-state index >= 15 is 0 Å². The summed E-state index contributed by atoms with van der Waals surface area (Å²) in [5.41, 5.74) is 1.17. The number of nitrogens with one attached hydrogen (secondary N) is 1. The van der Waals surface area contributed by atoms with Gasteiger partial charge in [0.2, 0.25) is 5.91 Å². The molecule has 2 amide bonds. The van der Waals surface area contributed by atoms with E-state index in [9.17, 15) is 9.59 Å². The minimum Gasteiger partial charge on any atom is -0.410 e. The van der Waals surface area contributed by atoms with Gasteiger partial charge in [0.05, 0.1) is 0 Å². The van der Waals surface area contributed by atoms with E-state index in [2.05, 4.69) is 5.32 Å². The molecule has 26 heavy (non-hydrogen) atoms. The van der Waals surface area contributed by atoms with Crippen molar-refractivity contribution in [3.63, 3.8) is 0 Å². The Labute approximate surface area is 154 Å². The van der Waals surface area contributed by atoms with Gasteiger partial charge in [-0.1, -0.05) is 48.5 Å². The molecule has 5 heteroatoms. The van der Waals surface area contributed by atoms with Gasteiger partial charge in [-0.25, -0.2) is 4.79 Å². The first-order valence-corrected chi connectivity index (χ1v) is 9.06. The third kappa shape index (κ3) is 5.34. The zero-order valence-electron chi connectivity index (χ0n) is 14.8. The van der Waals surface area contributed by atoms with Crippen molar-refractivity contribution in [2.75, 3.05) is 13.1 Å². The van der Waals surface area contributed by atoms with Gasteiger partial charge in [0.15, 0.2) is 0 Å². The third-order valence-corrected chi connectivity index (χ3v) is 4.55. The molecule has 2 aromatic carbocycles. The number of para-hydroxylation sites is 1.